The highest BCUT2D eigenvalue weighted by atomic mass is 16.6. The van der Waals surface area contributed by atoms with Crippen molar-refractivity contribution in [1.82, 2.24) is 0 Å². The normalized spacial score (nSPS) is 31.1. The standard InChI is InChI=1S/C49H54O12/c1-27(50)24-49-26-58-37(49)23-35(53)38-40(49)44(61-45(56)32-20-14-9-15-21-32)48(6)25-36(28(2)39(47(48,4)5)43(42(38)55)59-29(3)51)60-46(57)41(54)33(30-16-10-7-11-17-30)22-34(52)31-18-12-8-13-19-31/h7-21,33,35-38,40-41,43-44,53-54H,22-26H2,1-6H3/t33-,35+,36-,37+,38?,40?,41?,43+,44-,48-,49+/m0/s1. The number of carbonyl (C=O) groups excluding carboxylic acids is 6. The number of rotatable bonds is 12. The van der Waals surface area contributed by atoms with Crippen LogP contribution in [0.2, 0.25) is 0 Å². The minimum Gasteiger partial charge on any atom is -0.458 e. The van der Waals surface area contributed by atoms with Crippen LogP contribution in [0.3, 0.4) is 0 Å². The number of fused-ring (bicyclic) bond motifs is 5. The molecule has 0 aromatic heterocycles. The summed E-state index contributed by atoms with van der Waals surface area (Å²) in [5.41, 5.74) is -1.59. The fraction of sp³-hybridized carbons (Fsp3) is 0.469. The van der Waals surface area contributed by atoms with Crippen molar-refractivity contribution in [1.29, 1.82) is 0 Å². The Labute approximate surface area is 355 Å². The average molecular weight is 835 g/mol. The minimum atomic E-state index is -1.82. The monoisotopic (exact) mass is 834 g/mol. The molecule has 2 saturated carbocycles. The van der Waals surface area contributed by atoms with E-state index in [0.29, 0.717) is 22.3 Å². The van der Waals surface area contributed by atoms with Crippen molar-refractivity contribution in [3.8, 4) is 0 Å². The first kappa shape index (κ1) is 43.8. The third-order valence-corrected chi connectivity index (χ3v) is 14.3. The zero-order valence-electron chi connectivity index (χ0n) is 35.4. The third kappa shape index (κ3) is 7.78. The Hall–Kier alpha value is -5.30. The van der Waals surface area contributed by atoms with E-state index in [-0.39, 0.29) is 49.4 Å². The van der Waals surface area contributed by atoms with Crippen LogP contribution in [0.25, 0.3) is 0 Å². The van der Waals surface area contributed by atoms with Gasteiger partial charge in [0.25, 0.3) is 0 Å². The molecule has 322 valence electrons. The summed E-state index contributed by atoms with van der Waals surface area (Å²) in [4.78, 5) is 83.7. The molecule has 2 bridgehead atoms. The van der Waals surface area contributed by atoms with Crippen LogP contribution in [0.1, 0.15) is 99.4 Å². The molecule has 0 spiro atoms. The second-order valence-corrected chi connectivity index (χ2v) is 18.1. The quantitative estimate of drug-likeness (QED) is 0.0919. The first-order valence-electron chi connectivity index (χ1n) is 20.9. The molecule has 0 radical (unpaired) electrons. The number of hydrogen-bond donors (Lipinski definition) is 2. The number of ether oxygens (including phenoxy) is 4. The van der Waals surface area contributed by atoms with Crippen molar-refractivity contribution in [3.05, 3.63) is 119 Å². The highest BCUT2D eigenvalue weighted by Gasteiger charge is 2.72. The molecule has 3 unspecified atom stereocenters. The van der Waals surface area contributed by atoms with Crippen LogP contribution in [-0.2, 0) is 38.1 Å². The number of aliphatic hydroxyl groups excluding tert-OH is 2. The molecule has 3 aromatic carbocycles. The van der Waals surface area contributed by atoms with E-state index >= 15 is 4.79 Å². The number of Topliss-reactive ketones (excluding diaryl/α,β-unsaturated/α-hetero) is 3. The van der Waals surface area contributed by atoms with Gasteiger partial charge in [0, 0.05) is 54.4 Å². The van der Waals surface area contributed by atoms with Crippen LogP contribution in [-0.4, -0.2) is 88.7 Å². The van der Waals surface area contributed by atoms with Crippen LogP contribution >= 0.6 is 0 Å². The van der Waals surface area contributed by atoms with E-state index in [1.807, 2.05) is 20.8 Å². The van der Waals surface area contributed by atoms with E-state index in [4.69, 9.17) is 18.9 Å². The van der Waals surface area contributed by atoms with Crippen molar-refractivity contribution in [2.24, 2.45) is 28.1 Å². The van der Waals surface area contributed by atoms with E-state index in [1.165, 1.54) is 13.8 Å². The Morgan fingerprint density at radius 2 is 1.43 bits per heavy atom. The Morgan fingerprint density at radius 1 is 0.836 bits per heavy atom. The van der Waals surface area contributed by atoms with Crippen molar-refractivity contribution in [2.45, 2.75) is 110 Å². The third-order valence-electron chi connectivity index (χ3n) is 14.3. The van der Waals surface area contributed by atoms with Gasteiger partial charge in [0.1, 0.15) is 18.0 Å². The van der Waals surface area contributed by atoms with Crippen LogP contribution in [0.4, 0.5) is 0 Å². The SMILES string of the molecule is CC(=O)C[C@@]12CO[C@@H]1C[C@@H](O)C1C(=O)[C@H](OC(C)=O)C3=C(C)[C@@H](OC(=O)C(O)[C@@H](CC(=O)c4ccccc4)c4ccccc4)C[C@@](C)([C@@H](OC(=O)c4ccccc4)C12)C3(C)C. The molecule has 3 aliphatic carbocycles. The zero-order chi connectivity index (χ0) is 44.0. The number of hydrogen-bond acceptors (Lipinski definition) is 12. The van der Waals surface area contributed by atoms with E-state index in [9.17, 15) is 34.2 Å². The Morgan fingerprint density at radius 3 is 1.98 bits per heavy atom. The van der Waals surface area contributed by atoms with Gasteiger partial charge < -0.3 is 34.0 Å². The van der Waals surface area contributed by atoms with Gasteiger partial charge in [-0.2, -0.15) is 0 Å². The Balaban J connectivity index is 1.36. The summed E-state index contributed by atoms with van der Waals surface area (Å²) in [7, 11) is 0. The number of aliphatic hydroxyl groups is 2. The molecule has 4 aliphatic rings. The molecule has 12 nitrogen and oxygen atoms in total. The van der Waals surface area contributed by atoms with Gasteiger partial charge in [-0.3, -0.25) is 14.4 Å². The molecular weight excluding hydrogens is 781 g/mol. The Bertz CT molecular complexity index is 2220. The maximum absolute atomic E-state index is 15.3. The van der Waals surface area contributed by atoms with Gasteiger partial charge in [-0.25, -0.2) is 9.59 Å². The van der Waals surface area contributed by atoms with Gasteiger partial charge in [-0.15, -0.1) is 0 Å². The number of esters is 3. The van der Waals surface area contributed by atoms with Crippen molar-refractivity contribution < 1.29 is 57.9 Å². The Kier molecular flexibility index (Phi) is 12.1. The number of ketones is 3. The lowest BCUT2D eigenvalue weighted by atomic mass is 9.42. The van der Waals surface area contributed by atoms with Gasteiger partial charge in [-0.05, 0) is 54.5 Å². The van der Waals surface area contributed by atoms with E-state index < -0.39 is 94.3 Å². The summed E-state index contributed by atoms with van der Waals surface area (Å²) in [6.07, 6.45) is -7.97. The van der Waals surface area contributed by atoms with E-state index in [2.05, 4.69) is 0 Å². The lowest BCUT2D eigenvalue weighted by Gasteiger charge is -2.66. The first-order chi connectivity index (χ1) is 28.9. The molecule has 61 heavy (non-hydrogen) atoms. The van der Waals surface area contributed by atoms with E-state index in [0.717, 1.165) is 0 Å². The average Bonchev–Trinajstić information content (AvgIpc) is 3.22. The van der Waals surface area contributed by atoms with E-state index in [1.54, 1.807) is 97.9 Å². The summed E-state index contributed by atoms with van der Waals surface area (Å²) in [6.45, 7) is 9.91. The number of carbonyl (C=O) groups is 6. The molecule has 1 saturated heterocycles. The summed E-state index contributed by atoms with van der Waals surface area (Å²) in [5.74, 6) is -6.90. The lowest BCUT2D eigenvalue weighted by molar-refractivity contribution is -0.293. The molecule has 7 rings (SSSR count). The van der Waals surface area contributed by atoms with Gasteiger partial charge in [0.15, 0.2) is 23.8 Å². The van der Waals surface area contributed by atoms with Gasteiger partial charge in [0.05, 0.1) is 30.3 Å². The molecule has 11 atom stereocenters. The lowest BCUT2D eigenvalue weighted by Crippen LogP contribution is -2.73. The van der Waals surface area contributed by atoms with Crippen LogP contribution in [0.5, 0.6) is 0 Å². The van der Waals surface area contributed by atoms with Crippen LogP contribution in [0, 0.1) is 28.1 Å². The fourth-order valence-corrected chi connectivity index (χ4v) is 10.9. The molecule has 0 amide bonds. The molecule has 12 heteroatoms. The smallest absolute Gasteiger partial charge is 0.338 e. The van der Waals surface area contributed by atoms with Crippen molar-refractivity contribution >= 4 is 35.3 Å². The summed E-state index contributed by atoms with van der Waals surface area (Å²) >= 11 is 0. The largest absolute Gasteiger partial charge is 0.458 e. The predicted molar refractivity (Wildman–Crippen MR) is 221 cm³/mol. The summed E-state index contributed by atoms with van der Waals surface area (Å²) in [6, 6.07) is 25.6. The molecule has 1 heterocycles. The topological polar surface area (TPSA) is 180 Å². The van der Waals surface area contributed by atoms with Crippen LogP contribution < -0.4 is 0 Å². The second kappa shape index (κ2) is 16.9. The molecule has 1 aliphatic heterocycles. The van der Waals surface area contributed by atoms with Crippen molar-refractivity contribution in [3.63, 3.8) is 0 Å². The number of benzene rings is 3. The summed E-state index contributed by atoms with van der Waals surface area (Å²) < 4.78 is 25.0. The van der Waals surface area contributed by atoms with Gasteiger partial charge in [-0.1, -0.05) is 99.6 Å². The van der Waals surface area contributed by atoms with Crippen molar-refractivity contribution in [2.75, 3.05) is 6.61 Å². The fourth-order valence-electron chi connectivity index (χ4n) is 10.9. The summed E-state index contributed by atoms with van der Waals surface area (Å²) in [5, 5.41) is 23.8. The zero-order valence-corrected chi connectivity index (χ0v) is 35.4. The second-order valence-electron chi connectivity index (χ2n) is 18.1. The highest BCUT2D eigenvalue weighted by molar-refractivity contribution is 5.97. The molecular formula is C49H54O12. The molecule has 3 fully saturated rings. The van der Waals surface area contributed by atoms with Gasteiger partial charge in [0.2, 0.25) is 0 Å². The van der Waals surface area contributed by atoms with Gasteiger partial charge >= 0.3 is 17.9 Å². The molecule has 3 aromatic rings. The molecule has 2 N–H and O–H groups in total. The van der Waals surface area contributed by atoms with Crippen LogP contribution in [0.15, 0.2) is 102 Å². The first-order valence-corrected chi connectivity index (χ1v) is 20.9. The predicted octanol–water partition coefficient (Wildman–Crippen LogP) is 6.17. The maximum atomic E-state index is 15.3. The minimum absolute atomic E-state index is 0.0124. The maximum Gasteiger partial charge on any atom is 0.338 e. The highest BCUT2D eigenvalue weighted by Crippen LogP contribution is 2.66.